The number of alkyl halides is 3. The SMILES string of the molecule is CCC(C)C(C)(O)CNc1ccc(OC(F)(F)F)cn1. The second kappa shape index (κ2) is 6.30. The molecule has 0 aromatic carbocycles. The first-order chi connectivity index (χ1) is 9.14. The summed E-state index contributed by atoms with van der Waals surface area (Å²) >= 11 is 0. The van der Waals surface area contributed by atoms with Crippen molar-refractivity contribution in [3.63, 3.8) is 0 Å². The zero-order chi connectivity index (χ0) is 15.4. The first-order valence-corrected chi connectivity index (χ1v) is 6.32. The van der Waals surface area contributed by atoms with Crippen molar-refractivity contribution in [2.24, 2.45) is 5.92 Å². The van der Waals surface area contributed by atoms with Crippen molar-refractivity contribution >= 4 is 5.82 Å². The van der Waals surface area contributed by atoms with Gasteiger partial charge in [-0.05, 0) is 25.0 Å². The molecule has 7 heteroatoms. The summed E-state index contributed by atoms with van der Waals surface area (Å²) in [5.74, 6) is 0.0858. The van der Waals surface area contributed by atoms with E-state index in [0.717, 1.165) is 12.6 Å². The van der Waals surface area contributed by atoms with E-state index >= 15 is 0 Å². The van der Waals surface area contributed by atoms with Gasteiger partial charge < -0.3 is 15.2 Å². The molecule has 1 rings (SSSR count). The van der Waals surface area contributed by atoms with Gasteiger partial charge in [0.05, 0.1) is 11.8 Å². The van der Waals surface area contributed by atoms with Crippen molar-refractivity contribution in [3.05, 3.63) is 18.3 Å². The Hall–Kier alpha value is -1.50. The number of ether oxygens (including phenoxy) is 1. The molecule has 0 aliphatic heterocycles. The van der Waals surface area contributed by atoms with Gasteiger partial charge in [-0.1, -0.05) is 20.3 Å². The highest BCUT2D eigenvalue weighted by atomic mass is 19.4. The van der Waals surface area contributed by atoms with Crippen LogP contribution in [0.1, 0.15) is 27.2 Å². The smallest absolute Gasteiger partial charge is 0.404 e. The monoisotopic (exact) mass is 292 g/mol. The highest BCUT2D eigenvalue weighted by molar-refractivity contribution is 5.37. The first kappa shape index (κ1) is 16.6. The van der Waals surface area contributed by atoms with Gasteiger partial charge in [0.1, 0.15) is 11.6 Å². The van der Waals surface area contributed by atoms with E-state index in [1.165, 1.54) is 12.1 Å². The van der Waals surface area contributed by atoms with Crippen LogP contribution < -0.4 is 10.1 Å². The van der Waals surface area contributed by atoms with E-state index in [1.54, 1.807) is 6.92 Å². The van der Waals surface area contributed by atoms with E-state index in [2.05, 4.69) is 15.0 Å². The lowest BCUT2D eigenvalue weighted by atomic mass is 9.89. The Kier molecular flexibility index (Phi) is 5.21. The minimum atomic E-state index is -4.73. The molecule has 0 saturated carbocycles. The van der Waals surface area contributed by atoms with Crippen molar-refractivity contribution < 1.29 is 23.0 Å². The maximum atomic E-state index is 12.0. The third kappa shape index (κ3) is 5.24. The molecular formula is C13H19F3N2O2. The average Bonchev–Trinajstić information content (AvgIpc) is 2.35. The predicted octanol–water partition coefficient (Wildman–Crippen LogP) is 3.19. The molecule has 0 radical (unpaired) electrons. The first-order valence-electron chi connectivity index (χ1n) is 6.32. The third-order valence-electron chi connectivity index (χ3n) is 3.27. The standard InChI is InChI=1S/C13H19F3N2O2/c1-4-9(2)12(3,19)8-18-11-6-5-10(7-17-11)20-13(14,15)16/h5-7,9,19H,4,8H2,1-3H3,(H,17,18). The van der Waals surface area contributed by atoms with Gasteiger partial charge in [-0.25, -0.2) is 4.98 Å². The van der Waals surface area contributed by atoms with Gasteiger partial charge in [0, 0.05) is 6.54 Å². The molecule has 0 aliphatic carbocycles. The average molecular weight is 292 g/mol. The number of aromatic nitrogens is 1. The Balaban J connectivity index is 2.58. The van der Waals surface area contributed by atoms with Crippen LogP contribution in [-0.2, 0) is 0 Å². The van der Waals surface area contributed by atoms with Gasteiger partial charge in [-0.3, -0.25) is 0 Å². The van der Waals surface area contributed by atoms with E-state index in [9.17, 15) is 18.3 Å². The molecule has 2 atom stereocenters. The summed E-state index contributed by atoms with van der Waals surface area (Å²) in [4.78, 5) is 3.80. The maximum Gasteiger partial charge on any atom is 0.573 e. The molecule has 0 aliphatic rings. The molecule has 114 valence electrons. The second-order valence-electron chi connectivity index (χ2n) is 4.95. The Morgan fingerprint density at radius 2 is 2.05 bits per heavy atom. The third-order valence-corrected chi connectivity index (χ3v) is 3.27. The Morgan fingerprint density at radius 3 is 2.50 bits per heavy atom. The van der Waals surface area contributed by atoms with E-state index in [-0.39, 0.29) is 18.2 Å². The summed E-state index contributed by atoms with van der Waals surface area (Å²) in [7, 11) is 0. The predicted molar refractivity (Wildman–Crippen MR) is 69.5 cm³/mol. The Bertz CT molecular complexity index is 419. The minimum absolute atomic E-state index is 0.0860. The molecule has 0 amide bonds. The van der Waals surface area contributed by atoms with Crippen LogP contribution in [0.2, 0.25) is 0 Å². The van der Waals surface area contributed by atoms with Crippen LogP contribution in [0.15, 0.2) is 18.3 Å². The second-order valence-corrected chi connectivity index (χ2v) is 4.95. The van der Waals surface area contributed by atoms with Gasteiger partial charge in [0.15, 0.2) is 0 Å². The lowest BCUT2D eigenvalue weighted by Crippen LogP contribution is -2.40. The summed E-state index contributed by atoms with van der Waals surface area (Å²) in [6.07, 6.45) is -2.93. The number of pyridine rings is 1. The fourth-order valence-corrected chi connectivity index (χ4v) is 1.56. The summed E-state index contributed by atoms with van der Waals surface area (Å²) in [6, 6.07) is 2.54. The summed E-state index contributed by atoms with van der Waals surface area (Å²) in [5.41, 5.74) is -0.919. The van der Waals surface area contributed by atoms with Crippen LogP contribution in [0.25, 0.3) is 0 Å². The van der Waals surface area contributed by atoms with Gasteiger partial charge in [-0.2, -0.15) is 0 Å². The number of hydrogen-bond acceptors (Lipinski definition) is 4. The largest absolute Gasteiger partial charge is 0.573 e. The lowest BCUT2D eigenvalue weighted by molar-refractivity contribution is -0.274. The molecule has 2 N–H and O–H groups in total. The molecular weight excluding hydrogens is 273 g/mol. The molecule has 2 unspecified atom stereocenters. The fourth-order valence-electron chi connectivity index (χ4n) is 1.56. The minimum Gasteiger partial charge on any atom is -0.404 e. The number of nitrogens with zero attached hydrogens (tertiary/aromatic N) is 1. The van der Waals surface area contributed by atoms with E-state index in [0.29, 0.717) is 5.82 Å². The Labute approximate surface area is 116 Å². The van der Waals surface area contributed by atoms with E-state index in [4.69, 9.17) is 0 Å². The number of rotatable bonds is 6. The van der Waals surface area contributed by atoms with Crippen LogP contribution in [0.5, 0.6) is 5.75 Å². The van der Waals surface area contributed by atoms with Gasteiger partial charge in [0.2, 0.25) is 0 Å². The molecule has 0 spiro atoms. The van der Waals surface area contributed by atoms with Gasteiger partial charge in [0.25, 0.3) is 0 Å². The molecule has 0 fully saturated rings. The fraction of sp³-hybridized carbons (Fsp3) is 0.615. The molecule has 0 bridgehead atoms. The van der Waals surface area contributed by atoms with Gasteiger partial charge >= 0.3 is 6.36 Å². The Morgan fingerprint density at radius 1 is 1.40 bits per heavy atom. The quantitative estimate of drug-likeness (QED) is 0.845. The van der Waals surface area contributed by atoms with Crippen LogP contribution >= 0.6 is 0 Å². The highest BCUT2D eigenvalue weighted by Crippen LogP contribution is 2.23. The van der Waals surface area contributed by atoms with E-state index < -0.39 is 12.0 Å². The van der Waals surface area contributed by atoms with Crippen LogP contribution in [0.4, 0.5) is 19.0 Å². The van der Waals surface area contributed by atoms with Crippen molar-refractivity contribution in [1.82, 2.24) is 4.98 Å². The topological polar surface area (TPSA) is 54.4 Å². The van der Waals surface area contributed by atoms with Crippen molar-refractivity contribution in [2.75, 3.05) is 11.9 Å². The van der Waals surface area contributed by atoms with Crippen LogP contribution in [0.3, 0.4) is 0 Å². The molecule has 1 heterocycles. The maximum absolute atomic E-state index is 12.0. The van der Waals surface area contributed by atoms with Crippen molar-refractivity contribution in [3.8, 4) is 5.75 Å². The summed E-state index contributed by atoms with van der Waals surface area (Å²) < 4.78 is 39.6. The number of nitrogens with one attached hydrogen (secondary N) is 1. The molecule has 4 nitrogen and oxygen atoms in total. The van der Waals surface area contributed by atoms with Crippen molar-refractivity contribution in [1.29, 1.82) is 0 Å². The number of hydrogen-bond donors (Lipinski definition) is 2. The normalized spacial score (nSPS) is 16.4. The lowest BCUT2D eigenvalue weighted by Gasteiger charge is -2.30. The summed E-state index contributed by atoms with van der Waals surface area (Å²) in [5, 5.41) is 13.1. The van der Waals surface area contributed by atoms with E-state index in [1.807, 2.05) is 13.8 Å². The molecule has 1 aromatic heterocycles. The van der Waals surface area contributed by atoms with Crippen LogP contribution in [0, 0.1) is 5.92 Å². The zero-order valence-electron chi connectivity index (χ0n) is 11.7. The van der Waals surface area contributed by atoms with Crippen molar-refractivity contribution in [2.45, 2.75) is 39.2 Å². The van der Waals surface area contributed by atoms with Gasteiger partial charge in [-0.15, -0.1) is 13.2 Å². The zero-order valence-corrected chi connectivity index (χ0v) is 11.7. The molecule has 1 aromatic rings. The molecule has 20 heavy (non-hydrogen) atoms. The molecule has 0 saturated heterocycles. The number of halogens is 3. The number of aliphatic hydroxyl groups is 1. The van der Waals surface area contributed by atoms with Crippen LogP contribution in [-0.4, -0.2) is 28.6 Å². The highest BCUT2D eigenvalue weighted by Gasteiger charge is 2.31. The number of anilines is 1. The summed E-state index contributed by atoms with van der Waals surface area (Å²) in [6.45, 7) is 5.86.